The summed E-state index contributed by atoms with van der Waals surface area (Å²) in [5.74, 6) is -0.696. The number of hydrogen-bond acceptors (Lipinski definition) is 3. The number of aliphatic hydroxyl groups excluding tert-OH is 1. The van der Waals surface area contributed by atoms with Crippen LogP contribution in [-0.2, 0) is 4.79 Å². The van der Waals surface area contributed by atoms with Crippen molar-refractivity contribution in [3.63, 3.8) is 0 Å². The number of carbonyl (C=O) groups is 1. The van der Waals surface area contributed by atoms with Crippen molar-refractivity contribution < 1.29 is 9.90 Å². The Kier molecular flexibility index (Phi) is 4.50. The van der Waals surface area contributed by atoms with E-state index in [-0.39, 0.29) is 23.5 Å². The highest BCUT2D eigenvalue weighted by molar-refractivity contribution is 7.80. The van der Waals surface area contributed by atoms with E-state index in [1.807, 2.05) is 30.3 Å². The van der Waals surface area contributed by atoms with Gasteiger partial charge in [0.2, 0.25) is 5.91 Å². The highest BCUT2D eigenvalue weighted by Crippen LogP contribution is 2.30. The third kappa shape index (κ3) is 3.30. The molecule has 0 aliphatic heterocycles. The van der Waals surface area contributed by atoms with E-state index in [9.17, 15) is 4.79 Å². The Morgan fingerprint density at radius 1 is 1.42 bits per heavy atom. The second-order valence-electron chi connectivity index (χ2n) is 4.73. The zero-order valence-electron chi connectivity index (χ0n) is 10.7. The van der Waals surface area contributed by atoms with E-state index in [1.165, 1.54) is 0 Å². The molecular weight excluding hydrogens is 260 g/mol. The van der Waals surface area contributed by atoms with Crippen LogP contribution in [0.3, 0.4) is 0 Å². The first-order valence-corrected chi connectivity index (χ1v) is 6.81. The predicted molar refractivity (Wildman–Crippen MR) is 77.8 cm³/mol. The van der Waals surface area contributed by atoms with Crippen LogP contribution in [0, 0.1) is 0 Å². The van der Waals surface area contributed by atoms with E-state index in [2.05, 4.69) is 0 Å². The van der Waals surface area contributed by atoms with Gasteiger partial charge in [-0.3, -0.25) is 4.79 Å². The van der Waals surface area contributed by atoms with Crippen molar-refractivity contribution in [3.05, 3.63) is 35.9 Å². The largest absolute Gasteiger partial charge is 0.395 e. The molecule has 3 N–H and O–H groups in total. The van der Waals surface area contributed by atoms with Gasteiger partial charge in [0.05, 0.1) is 11.6 Å². The molecule has 4 nitrogen and oxygen atoms in total. The fourth-order valence-corrected chi connectivity index (χ4v) is 2.44. The molecule has 1 fully saturated rings. The molecule has 0 heterocycles. The van der Waals surface area contributed by atoms with Crippen LogP contribution in [0.5, 0.6) is 0 Å². The molecule has 1 aromatic carbocycles. The van der Waals surface area contributed by atoms with Crippen molar-refractivity contribution in [2.75, 3.05) is 13.2 Å². The summed E-state index contributed by atoms with van der Waals surface area (Å²) in [4.78, 5) is 14.5. The average molecular weight is 278 g/mol. The lowest BCUT2D eigenvalue weighted by molar-refractivity contribution is -0.132. The third-order valence-corrected chi connectivity index (χ3v) is 3.51. The number of rotatable bonds is 6. The zero-order valence-corrected chi connectivity index (χ0v) is 11.5. The summed E-state index contributed by atoms with van der Waals surface area (Å²) in [6, 6.07) is 9.55. The number of benzene rings is 1. The molecule has 1 atom stereocenters. The Hall–Kier alpha value is -1.46. The molecule has 0 aromatic heterocycles. The Morgan fingerprint density at radius 3 is 2.53 bits per heavy atom. The first kappa shape index (κ1) is 14.0. The van der Waals surface area contributed by atoms with Crippen LogP contribution < -0.4 is 5.73 Å². The first-order valence-electron chi connectivity index (χ1n) is 6.40. The van der Waals surface area contributed by atoms with Crippen LogP contribution in [0.2, 0.25) is 0 Å². The van der Waals surface area contributed by atoms with E-state index in [0.29, 0.717) is 6.54 Å². The standard InChI is InChI=1S/C14H18N2O2S/c15-13(19)12(10-4-2-1-3-5-10)14(18)16(8-9-17)11-6-7-11/h1-5,11-12,17H,6-9H2,(H2,15,19). The van der Waals surface area contributed by atoms with Gasteiger partial charge >= 0.3 is 0 Å². The molecule has 1 amide bonds. The molecule has 1 aromatic rings. The van der Waals surface area contributed by atoms with E-state index in [0.717, 1.165) is 18.4 Å². The second kappa shape index (κ2) is 6.12. The molecule has 0 saturated heterocycles. The highest BCUT2D eigenvalue weighted by atomic mass is 32.1. The van der Waals surface area contributed by atoms with Gasteiger partial charge in [0.25, 0.3) is 0 Å². The summed E-state index contributed by atoms with van der Waals surface area (Å²) in [5, 5.41) is 9.10. The minimum absolute atomic E-state index is 0.0406. The van der Waals surface area contributed by atoms with Gasteiger partial charge in [-0.25, -0.2) is 0 Å². The van der Waals surface area contributed by atoms with Crippen LogP contribution in [0.25, 0.3) is 0 Å². The van der Waals surface area contributed by atoms with Crippen LogP contribution in [0.4, 0.5) is 0 Å². The van der Waals surface area contributed by atoms with Crippen molar-refractivity contribution in [1.82, 2.24) is 4.90 Å². The first-order chi connectivity index (χ1) is 9.15. The number of thiocarbonyl (C=S) groups is 1. The minimum atomic E-state index is -0.594. The molecule has 1 aliphatic carbocycles. The number of hydrogen-bond donors (Lipinski definition) is 2. The maximum absolute atomic E-state index is 12.6. The van der Waals surface area contributed by atoms with Crippen molar-refractivity contribution in [2.45, 2.75) is 24.8 Å². The Labute approximate surface area is 118 Å². The van der Waals surface area contributed by atoms with Gasteiger partial charge in [-0.15, -0.1) is 0 Å². The summed E-state index contributed by atoms with van der Waals surface area (Å²) in [6.07, 6.45) is 1.98. The van der Waals surface area contributed by atoms with Crippen LogP contribution in [0.15, 0.2) is 30.3 Å². The van der Waals surface area contributed by atoms with Gasteiger partial charge < -0.3 is 15.7 Å². The van der Waals surface area contributed by atoms with Gasteiger partial charge in [-0.05, 0) is 18.4 Å². The lowest BCUT2D eigenvalue weighted by Gasteiger charge is -2.26. The number of aliphatic hydroxyl groups is 1. The van der Waals surface area contributed by atoms with Crippen LogP contribution in [-0.4, -0.2) is 40.1 Å². The van der Waals surface area contributed by atoms with Crippen molar-refractivity contribution >= 4 is 23.1 Å². The van der Waals surface area contributed by atoms with E-state index >= 15 is 0 Å². The van der Waals surface area contributed by atoms with E-state index < -0.39 is 5.92 Å². The van der Waals surface area contributed by atoms with Gasteiger partial charge in [-0.2, -0.15) is 0 Å². The Balaban J connectivity index is 2.23. The maximum atomic E-state index is 12.6. The quantitative estimate of drug-likeness (QED) is 0.763. The summed E-state index contributed by atoms with van der Waals surface area (Å²) >= 11 is 5.05. The molecule has 0 spiro atoms. The summed E-state index contributed by atoms with van der Waals surface area (Å²) < 4.78 is 0. The van der Waals surface area contributed by atoms with Crippen molar-refractivity contribution in [2.24, 2.45) is 5.73 Å². The maximum Gasteiger partial charge on any atom is 0.237 e. The molecule has 0 radical (unpaired) electrons. The third-order valence-electron chi connectivity index (χ3n) is 3.28. The fourth-order valence-electron chi connectivity index (χ4n) is 2.21. The van der Waals surface area contributed by atoms with E-state index in [4.69, 9.17) is 23.1 Å². The second-order valence-corrected chi connectivity index (χ2v) is 5.20. The SMILES string of the molecule is NC(=S)C(C(=O)N(CCO)C1CC1)c1ccccc1. The summed E-state index contributed by atoms with van der Waals surface area (Å²) in [5.41, 5.74) is 6.55. The summed E-state index contributed by atoms with van der Waals surface area (Å²) in [7, 11) is 0. The molecule has 1 aliphatic rings. The van der Waals surface area contributed by atoms with Crippen molar-refractivity contribution in [3.8, 4) is 0 Å². The smallest absolute Gasteiger partial charge is 0.237 e. The molecule has 5 heteroatoms. The zero-order chi connectivity index (χ0) is 13.8. The monoisotopic (exact) mass is 278 g/mol. The average Bonchev–Trinajstić information content (AvgIpc) is 3.21. The Bertz CT molecular complexity index is 460. The van der Waals surface area contributed by atoms with Crippen LogP contribution >= 0.6 is 12.2 Å². The molecule has 2 rings (SSSR count). The minimum Gasteiger partial charge on any atom is -0.395 e. The number of amides is 1. The molecule has 102 valence electrons. The highest BCUT2D eigenvalue weighted by Gasteiger charge is 2.36. The molecule has 0 bridgehead atoms. The summed E-state index contributed by atoms with van der Waals surface area (Å²) in [6.45, 7) is 0.302. The van der Waals surface area contributed by atoms with Crippen LogP contribution in [0.1, 0.15) is 24.3 Å². The number of nitrogens with zero attached hydrogens (tertiary/aromatic N) is 1. The van der Waals surface area contributed by atoms with Crippen molar-refractivity contribution in [1.29, 1.82) is 0 Å². The van der Waals surface area contributed by atoms with Gasteiger partial charge in [0, 0.05) is 12.6 Å². The molecular formula is C14H18N2O2S. The van der Waals surface area contributed by atoms with Gasteiger partial charge in [0.15, 0.2) is 0 Å². The number of carbonyl (C=O) groups excluding carboxylic acids is 1. The predicted octanol–water partition coefficient (Wildman–Crippen LogP) is 1.04. The van der Waals surface area contributed by atoms with E-state index in [1.54, 1.807) is 4.90 Å². The molecule has 1 unspecified atom stereocenters. The topological polar surface area (TPSA) is 66.6 Å². The van der Waals surface area contributed by atoms with Gasteiger partial charge in [-0.1, -0.05) is 42.5 Å². The normalized spacial score (nSPS) is 15.8. The lowest BCUT2D eigenvalue weighted by Crippen LogP contribution is -2.42. The lowest BCUT2D eigenvalue weighted by atomic mass is 9.97. The fraction of sp³-hybridized carbons (Fsp3) is 0.429. The molecule has 19 heavy (non-hydrogen) atoms. The number of nitrogens with two attached hydrogens (primary N) is 1. The molecule has 1 saturated carbocycles. The Morgan fingerprint density at radius 2 is 2.05 bits per heavy atom. The van der Waals surface area contributed by atoms with Gasteiger partial charge in [0.1, 0.15) is 5.92 Å².